The van der Waals surface area contributed by atoms with E-state index in [2.05, 4.69) is 123 Å². The van der Waals surface area contributed by atoms with Crippen LogP contribution in [0.4, 0.5) is 0 Å². The van der Waals surface area contributed by atoms with Crippen LogP contribution >= 0.6 is 0 Å². The molecule has 1 aliphatic heterocycles. The van der Waals surface area contributed by atoms with Crippen LogP contribution in [0, 0.1) is 81.8 Å². The Labute approximate surface area is 436 Å². The first kappa shape index (κ1) is 57.4. The molecule has 3 N–H and O–H groups in total. The zero-order valence-corrected chi connectivity index (χ0v) is 49.4. The first-order valence-corrected chi connectivity index (χ1v) is 27.5. The van der Waals surface area contributed by atoms with Crippen molar-refractivity contribution in [2.75, 3.05) is 7.05 Å². The summed E-state index contributed by atoms with van der Waals surface area (Å²) >= 11 is 0. The van der Waals surface area contributed by atoms with Crippen molar-refractivity contribution in [1.82, 2.24) is 35.7 Å². The van der Waals surface area contributed by atoms with Crippen LogP contribution in [-0.4, -0.2) is 96.9 Å². The molecule has 406 valence electrons. The first-order valence-electron chi connectivity index (χ1n) is 28.0. The van der Waals surface area contributed by atoms with Crippen LogP contribution in [0.25, 0.3) is 0 Å². The molecule has 1 aromatic heterocycles. The van der Waals surface area contributed by atoms with Gasteiger partial charge in [-0.25, -0.2) is 4.98 Å². The Bertz CT molecular complexity index is 2360. The molecule has 0 radical (unpaired) electrons. The largest absolute Gasteiger partial charge is 0.341 e. The smallest absolute Gasteiger partial charge is 0.292 e. The molecule has 0 bridgehead atoms. The summed E-state index contributed by atoms with van der Waals surface area (Å²) in [5, 5.41) is 9.91. The molecule has 72 heavy (non-hydrogen) atoms. The number of carbonyl (C=O) groups is 6. The summed E-state index contributed by atoms with van der Waals surface area (Å²) in [6, 6.07) is -1.66. The molecule has 2 heterocycles. The maximum Gasteiger partial charge on any atom is 0.292 e. The third-order valence-electron chi connectivity index (χ3n) is 22.7. The van der Waals surface area contributed by atoms with Gasteiger partial charge in [0.1, 0.15) is 28.4 Å². The van der Waals surface area contributed by atoms with Crippen molar-refractivity contribution >= 4 is 35.3 Å². The molecule has 4 aliphatic rings. The summed E-state index contributed by atoms with van der Waals surface area (Å²) in [6.07, 6.45) is 4.92. The van der Waals surface area contributed by atoms with E-state index in [0.29, 0.717) is 24.2 Å². The summed E-state index contributed by atoms with van der Waals surface area (Å²) in [5.41, 5.74) is -8.34. The number of Topliss-reactive ketones (excluding diaryl/α,β-unsaturated/α-hetero) is 1. The van der Waals surface area contributed by atoms with Gasteiger partial charge in [-0.2, -0.15) is 0 Å². The minimum absolute atomic E-state index is 0.0450. The third kappa shape index (κ3) is 8.73. The van der Waals surface area contributed by atoms with Gasteiger partial charge in [0.2, 0.25) is 23.5 Å². The van der Waals surface area contributed by atoms with Gasteiger partial charge in [-0.05, 0) is 124 Å². The maximum atomic E-state index is 17.0. The molecule has 3 saturated carbocycles. The highest BCUT2D eigenvalue weighted by molar-refractivity contribution is 6.40. The van der Waals surface area contributed by atoms with E-state index < -0.39 is 97.0 Å². The van der Waals surface area contributed by atoms with Crippen molar-refractivity contribution in [1.29, 1.82) is 0 Å². The van der Waals surface area contributed by atoms with Crippen LogP contribution in [0.2, 0.25) is 0 Å². The lowest BCUT2D eigenvalue weighted by molar-refractivity contribution is -0.168. The van der Waals surface area contributed by atoms with E-state index >= 15 is 14.4 Å². The van der Waals surface area contributed by atoms with Crippen LogP contribution < -0.4 is 16.0 Å². The number of carbonyl (C=O) groups excluding carboxylic acids is 6. The summed E-state index contributed by atoms with van der Waals surface area (Å²) in [7, 11) is 1.67. The van der Waals surface area contributed by atoms with E-state index in [1.165, 1.54) is 4.90 Å². The SMILES string of the molecule is [2H]c1nc(C)c(C)nc1C(=O)N[C@](C)(C(=O)N[C@](C)(C(=O)N1C(C)[C@@]2(C)[C@H](CC(C)C2(C)C)[C@H]1C(=O)N[C@](C)(C(=O)C(=O)N(C)C1CC1C)C(C)CCC)C(C)(C(C)C)C(C)(C)C)C1(C)C(C)CCCC1(C)C. The van der Waals surface area contributed by atoms with Crippen LogP contribution in [-0.2, 0) is 24.0 Å². The second-order valence-corrected chi connectivity index (χ2v) is 27.5. The minimum Gasteiger partial charge on any atom is -0.341 e. The van der Waals surface area contributed by atoms with Crippen LogP contribution in [0.3, 0.4) is 0 Å². The molecule has 1 aromatic rings. The molecule has 4 fully saturated rings. The Kier molecular flexibility index (Phi) is 15.4. The number of likely N-dealkylation sites (tertiary alicyclic amines) is 1. The van der Waals surface area contributed by atoms with Gasteiger partial charge in [0.25, 0.3) is 11.8 Å². The topological polar surface area (TPSA) is 171 Å². The highest BCUT2D eigenvalue weighted by Gasteiger charge is 2.72. The Balaban J connectivity index is 1.77. The zero-order valence-electron chi connectivity index (χ0n) is 50.4. The van der Waals surface area contributed by atoms with Crippen molar-refractivity contribution in [3.05, 3.63) is 23.3 Å². The normalized spacial score (nSPS) is 32.7. The Morgan fingerprint density at radius 1 is 0.861 bits per heavy atom. The van der Waals surface area contributed by atoms with Gasteiger partial charge in [-0.1, -0.05) is 137 Å². The summed E-state index contributed by atoms with van der Waals surface area (Å²) in [6.45, 7) is 46.4. The standard InChI is InChI=1S/C59H99N7O6/c1-25-27-35(5)55(19,45(67)48(70)65(24)43-30-34(43)4)62-47(69)44-41-31-37(7)53(16,17)54(41,18)40(10)66(44)50(72)59(23,56(20,33(2)3)51(11,12)13)64-49(71)58(22,57(21)36(6)28-26-29-52(57,14)15)63-46(68)42-32-60-38(8)39(9)61-42/h32-37,40-41,43-44H,25-31H2,1-24H3,(H,62,69)(H,63,68)(H,64,71)/t34?,35?,36?,37?,40?,41-,43?,44+,54+,55+,56?,57?,58-,59-/m1/s1/i32D. The fourth-order valence-corrected chi connectivity index (χ4v) is 15.1. The molecule has 5 rings (SSSR count). The number of hydrogen-bond acceptors (Lipinski definition) is 8. The molecule has 14 atom stereocenters. The van der Waals surface area contributed by atoms with Gasteiger partial charge in [-0.3, -0.25) is 33.8 Å². The Morgan fingerprint density at radius 3 is 1.93 bits per heavy atom. The average molecular weight is 1000 g/mol. The van der Waals surface area contributed by atoms with Gasteiger partial charge in [0.05, 0.1) is 18.9 Å². The lowest BCUT2D eigenvalue weighted by atomic mass is 9.46. The molecule has 0 spiro atoms. The van der Waals surface area contributed by atoms with Crippen molar-refractivity contribution in [3.8, 4) is 0 Å². The molecular weight excluding hydrogens is 903 g/mol. The predicted molar refractivity (Wildman–Crippen MR) is 286 cm³/mol. The van der Waals surface area contributed by atoms with Gasteiger partial charge in [0.15, 0.2) is 0 Å². The van der Waals surface area contributed by atoms with Gasteiger partial charge >= 0.3 is 0 Å². The molecule has 13 nitrogen and oxygen atoms in total. The lowest BCUT2D eigenvalue weighted by Crippen LogP contribution is -2.78. The Morgan fingerprint density at radius 2 is 1.43 bits per heavy atom. The highest BCUT2D eigenvalue weighted by Crippen LogP contribution is 2.67. The molecule has 13 heteroatoms. The summed E-state index contributed by atoms with van der Waals surface area (Å²) in [5.74, 6) is -4.17. The number of likely N-dealkylation sites (N-methyl/N-ethyl adjacent to an activating group) is 1. The van der Waals surface area contributed by atoms with Crippen molar-refractivity contribution in [3.63, 3.8) is 0 Å². The van der Waals surface area contributed by atoms with Crippen LogP contribution in [0.1, 0.15) is 214 Å². The quantitative estimate of drug-likeness (QED) is 0.137. The third-order valence-corrected chi connectivity index (χ3v) is 22.7. The molecule has 5 amide bonds. The van der Waals surface area contributed by atoms with Crippen LogP contribution in [0.15, 0.2) is 6.17 Å². The van der Waals surface area contributed by atoms with Crippen molar-refractivity contribution < 1.29 is 30.1 Å². The highest BCUT2D eigenvalue weighted by atomic mass is 16.2. The fraction of sp³-hybridized carbons (Fsp3) is 0.831. The van der Waals surface area contributed by atoms with Crippen LogP contribution in [0.5, 0.6) is 0 Å². The zero-order chi connectivity index (χ0) is 56.1. The minimum atomic E-state index is -1.76. The van der Waals surface area contributed by atoms with Gasteiger partial charge < -0.3 is 25.8 Å². The summed E-state index contributed by atoms with van der Waals surface area (Å²) < 4.78 is 8.77. The summed E-state index contributed by atoms with van der Waals surface area (Å²) in [4.78, 5) is 105. The predicted octanol–water partition coefficient (Wildman–Crippen LogP) is 10.1. The maximum absolute atomic E-state index is 17.0. The molecule has 0 aromatic carbocycles. The Hall–Kier alpha value is -3.90. The molecule has 8 unspecified atom stereocenters. The number of amides is 5. The molecule has 3 aliphatic carbocycles. The van der Waals surface area contributed by atoms with E-state index in [-0.39, 0.29) is 52.9 Å². The van der Waals surface area contributed by atoms with Crippen molar-refractivity contribution in [2.45, 2.75) is 239 Å². The molecular formula is C59H99N7O6. The van der Waals surface area contributed by atoms with Gasteiger partial charge in [0, 0.05) is 30.0 Å². The average Bonchev–Trinajstić information content (AvgIpc) is 3.93. The fourth-order valence-electron chi connectivity index (χ4n) is 15.1. The van der Waals surface area contributed by atoms with E-state index in [1.807, 2.05) is 34.6 Å². The van der Waals surface area contributed by atoms with Gasteiger partial charge in [-0.15, -0.1) is 0 Å². The van der Waals surface area contributed by atoms with E-state index in [9.17, 15) is 14.4 Å². The number of fused-ring (bicyclic) bond motifs is 1. The second kappa shape index (κ2) is 19.3. The monoisotopic (exact) mass is 1000 g/mol. The number of aryl methyl sites for hydroxylation is 2. The van der Waals surface area contributed by atoms with E-state index in [4.69, 9.17) is 1.37 Å². The number of rotatable bonds is 16. The second-order valence-electron chi connectivity index (χ2n) is 27.5. The number of hydrogen-bond donors (Lipinski definition) is 3. The molecule has 1 saturated heterocycles. The van der Waals surface area contributed by atoms with E-state index in [1.54, 1.807) is 39.6 Å². The van der Waals surface area contributed by atoms with Crippen molar-refractivity contribution in [2.24, 2.45) is 68.0 Å². The first-order chi connectivity index (χ1) is 33.1. The number of ketones is 1. The van der Waals surface area contributed by atoms with E-state index in [0.717, 1.165) is 32.1 Å². The number of nitrogens with one attached hydrogen (secondary N) is 3. The number of aromatic nitrogens is 2. The number of nitrogens with zero attached hydrogens (tertiary/aromatic N) is 4. The lowest BCUT2D eigenvalue weighted by Gasteiger charge is -2.62.